The Balaban J connectivity index is 0.000000127. The molecule has 71 heteroatoms. The number of imidazole rings is 6. The summed E-state index contributed by atoms with van der Waals surface area (Å²) in [6.45, 7) is -26.7. The lowest BCUT2D eigenvalue weighted by Crippen LogP contribution is -2.34. The van der Waals surface area contributed by atoms with E-state index in [-0.39, 0.29) is 132 Å². The lowest BCUT2D eigenvalue weighted by atomic mass is 10.1. The molecule has 0 saturated carbocycles. The van der Waals surface area contributed by atoms with Gasteiger partial charge in [0.25, 0.3) is 16.7 Å². The van der Waals surface area contributed by atoms with E-state index in [0.717, 1.165) is 17.2 Å². The number of H-pyrrole nitrogens is 3. The highest BCUT2D eigenvalue weighted by molar-refractivity contribution is 8.44. The maximum Gasteiger partial charge on any atom is 0.386 e. The van der Waals surface area contributed by atoms with E-state index in [9.17, 15) is 43.4 Å². The lowest BCUT2D eigenvalue weighted by Gasteiger charge is -2.27. The second-order valence-electron chi connectivity index (χ2n) is 29.9. The minimum absolute atomic E-state index is 0.00862. The molecule has 12 aromatic heterocycles. The molecule has 26 atom stereocenters. The zero-order valence-electron chi connectivity index (χ0n) is 65.8. The van der Waals surface area contributed by atoms with Crippen molar-refractivity contribution in [1.29, 1.82) is 0 Å². The lowest BCUT2D eigenvalue weighted by molar-refractivity contribution is -0.0599. The fraction of sp³-hybridized carbons (Fsp3) is 0.500. The highest BCUT2D eigenvalue weighted by Gasteiger charge is 2.56. The number of nitrogen functional groups attached to an aromatic ring is 6. The van der Waals surface area contributed by atoms with Crippen molar-refractivity contribution in [3.05, 3.63) is 99.1 Å². The SMILES string of the molecule is Nc1nc2c(ncn2[C@@H]2O[C@@H]3COP(O)(=S)O[C@H]4C[C@H](c5cnc6c(N)ncnn56)O[C@@H]4COP(=O)(S)O[C@@H]2C3)c(=O)[nH]1.Nc1nc2c(ncn2[C@@H]2O[C@@H]3COP(O)(=S)O[C@H]4C[C@H](c5cnc6c(N)ncnn56)O[C@@H]4COP(O)(=S)O[C@@H]2C3)c(=O)[nH]1.Nc1nc2c(ncn2[C@@H]2O[C@@H]3COP(O)(=S)O[C@H]4[C@H](F)[C@H](n5cnc6c(N)ncnc65)O[C@@H]4COP(O)(=S)O[C@@H]2[C@H]3F)c(=O)[nH]1. The number of aromatic amines is 3. The monoisotopic (exact) mass is 2060 g/mol. The zero-order valence-corrected chi connectivity index (χ0v) is 76.2. The summed E-state index contributed by atoms with van der Waals surface area (Å²) in [5, 5.41) is 8.39. The molecule has 6 unspecified atom stereocenters. The summed E-state index contributed by atoms with van der Waals surface area (Å²) in [6.07, 6.45) is -10.6. The van der Waals surface area contributed by atoms with Gasteiger partial charge in [-0.25, -0.2) is 72.2 Å². The van der Waals surface area contributed by atoms with Crippen LogP contribution in [0.4, 0.5) is 44.1 Å². The van der Waals surface area contributed by atoms with Gasteiger partial charge in [-0.2, -0.15) is 25.1 Å². The molecule has 9 aliphatic heterocycles. The Kier molecular flexibility index (Phi) is 25.2. The number of nitrogens with two attached hydrogens (primary N) is 6. The molecule has 0 amide bonds. The van der Waals surface area contributed by atoms with Crippen LogP contribution < -0.4 is 51.1 Å². The summed E-state index contributed by atoms with van der Waals surface area (Å²) in [7, 11) is 0. The summed E-state index contributed by atoms with van der Waals surface area (Å²) >= 11 is 30.5. The van der Waals surface area contributed by atoms with Crippen LogP contribution in [-0.2, 0) is 146 Å². The number of halogens is 2. The fourth-order valence-corrected chi connectivity index (χ4v) is 24.6. The van der Waals surface area contributed by atoms with Gasteiger partial charge in [0.15, 0.2) is 105 Å². The standard InChI is InChI=1S/C20H22F2N10O9P2S2.2C20H24N10O9P2S2/c21-8-6-1-36-42(34,44)40-12-7(39-18(9(12)22)31-4-27-10-14(23)25-3-26-15(10)31)2-37-43(35,45)41-13(8)19(38-6)32-5-28-11-16(32)29-20(24)30-17(11)33;2*21-15-17-23-3-9(30(17)26-6-24-15)10-2-11-13(37-10)5-35-41(33,43)39-12-1-8(4-34-40(32,42)38-11)36-19(12)29-7-25-14-16(29)27-20(22)28-18(14)31/h3-9,12-13,18-19H,1-2H2,(H,34,44)(H,35,45)(H2,23,25,26)(H3,24,29,30,33);2*3,6-8,10-13,19H,1-2,4-5H2,(H,32,42)(H,33,43)(H2,21,24,26)(H3,22,27,28,31)/t6-,7-,8+,9+,12-,13-,18-,19-,42?,43?;2*8-,10+,11-,12+,13+,19+,40?,41?/m100/s1. The first-order chi connectivity index (χ1) is 62.2. The quantitative estimate of drug-likeness (QED) is 0.0783. The normalized spacial score (nSPS) is 36.2. The minimum atomic E-state index is -4.35. The van der Waals surface area contributed by atoms with Crippen LogP contribution in [0.1, 0.15) is 74.2 Å². The third-order valence-corrected chi connectivity index (χ3v) is 31.0. The summed E-state index contributed by atoms with van der Waals surface area (Å²) < 4.78 is 158. The molecule has 57 nitrogen and oxygen atoms in total. The summed E-state index contributed by atoms with van der Waals surface area (Å²) in [4.78, 5) is 152. The minimum Gasteiger partial charge on any atom is -0.382 e. The van der Waals surface area contributed by atoms with Crippen molar-refractivity contribution in [2.24, 2.45) is 0 Å². The van der Waals surface area contributed by atoms with E-state index in [2.05, 4.69) is 102 Å². The third kappa shape index (κ3) is 18.9. The summed E-state index contributed by atoms with van der Waals surface area (Å²) in [5.74, 6) is -0.116. The predicted molar refractivity (Wildman–Crippen MR) is 461 cm³/mol. The number of hydrogen-bond donors (Lipinski definition) is 15. The van der Waals surface area contributed by atoms with Crippen LogP contribution in [0.25, 0.3) is 55.9 Å². The van der Waals surface area contributed by atoms with E-state index in [1.165, 1.54) is 60.6 Å². The van der Waals surface area contributed by atoms with Crippen LogP contribution >= 0.6 is 52.6 Å². The van der Waals surface area contributed by atoms with Crippen LogP contribution in [0, 0.1) is 0 Å². The van der Waals surface area contributed by atoms with Gasteiger partial charge in [-0.15, -0.1) is 0 Å². The molecule has 20 N–H and O–H groups in total. The predicted octanol–water partition coefficient (Wildman–Crippen LogP) is 0.247. The van der Waals surface area contributed by atoms with E-state index < -0.39 is 193 Å². The van der Waals surface area contributed by atoms with Gasteiger partial charge in [-0.05, 0) is 59.0 Å². The van der Waals surface area contributed by atoms with Gasteiger partial charge in [0.1, 0.15) is 85.5 Å². The van der Waals surface area contributed by atoms with Crippen LogP contribution in [0.15, 0.2) is 71.1 Å². The van der Waals surface area contributed by atoms with E-state index in [0.29, 0.717) is 22.7 Å². The highest BCUT2D eigenvalue weighted by atomic mass is 32.7. The molecule has 9 aliphatic rings. The first-order valence-corrected chi connectivity index (χ1v) is 54.0. The Bertz CT molecular complexity index is 6710. The van der Waals surface area contributed by atoms with E-state index >= 15 is 8.78 Å². The number of ether oxygens (including phenoxy) is 6. The van der Waals surface area contributed by atoms with Crippen LogP contribution in [0.5, 0.6) is 0 Å². The molecular weight excluding hydrogens is 1990 g/mol. The smallest absolute Gasteiger partial charge is 0.382 e. The summed E-state index contributed by atoms with van der Waals surface area (Å²) in [5.41, 5.74) is 35.1. The maximum absolute atomic E-state index is 16.0. The van der Waals surface area contributed by atoms with Crippen molar-refractivity contribution < 1.29 is 121 Å². The number of nitrogens with zero attached hydrogens (tertiary/aromatic N) is 21. The number of fused-ring (bicyclic) bond motifs is 15. The molecule has 0 aliphatic carbocycles. The van der Waals surface area contributed by atoms with Crippen molar-refractivity contribution >= 4 is 203 Å². The molecule has 21 rings (SSSR count). The average molecular weight is 2060 g/mol. The molecule has 9 saturated heterocycles. The molecule has 6 bridgehead atoms. The molecule has 0 aromatic carbocycles. The van der Waals surface area contributed by atoms with E-state index in [1.807, 2.05) is 0 Å². The van der Waals surface area contributed by atoms with Crippen LogP contribution in [-0.4, -0.2) is 267 Å². The number of aromatic nitrogens is 24. The molecule has 0 spiro atoms. The molecule has 131 heavy (non-hydrogen) atoms. The van der Waals surface area contributed by atoms with Gasteiger partial charge in [-0.3, -0.25) is 65.7 Å². The van der Waals surface area contributed by atoms with Gasteiger partial charge < -0.3 is 123 Å². The third-order valence-electron chi connectivity index (χ3n) is 21.5. The van der Waals surface area contributed by atoms with Crippen molar-refractivity contribution in [1.82, 2.24) is 117 Å². The van der Waals surface area contributed by atoms with E-state index in [4.69, 9.17) is 176 Å². The Morgan fingerprint density at radius 2 is 0.771 bits per heavy atom. The van der Waals surface area contributed by atoms with Crippen molar-refractivity contribution in [2.45, 2.75) is 148 Å². The average Bonchev–Trinajstić information content (AvgIpc) is 1.62. The van der Waals surface area contributed by atoms with Crippen LogP contribution in [0.3, 0.4) is 0 Å². The first-order valence-electron chi connectivity index (χ1n) is 38.4. The number of hydrogen-bond acceptors (Lipinski definition) is 48. The Morgan fingerprint density at radius 3 is 1.26 bits per heavy atom. The Labute approximate surface area is 757 Å². The van der Waals surface area contributed by atoms with Crippen molar-refractivity contribution in [3.8, 4) is 0 Å². The molecule has 0 radical (unpaired) electrons. The zero-order chi connectivity index (χ0) is 92.0. The van der Waals surface area contributed by atoms with Gasteiger partial charge in [0, 0.05) is 25.7 Å². The Morgan fingerprint density at radius 1 is 0.382 bits per heavy atom. The fourth-order valence-electron chi connectivity index (χ4n) is 15.8. The number of anilines is 6. The number of nitrogens with one attached hydrogen (secondary N) is 3. The summed E-state index contributed by atoms with van der Waals surface area (Å²) in [6, 6.07) is 0. The second-order valence-corrected chi connectivity index (χ2v) is 46.8. The number of rotatable bonds is 6. The van der Waals surface area contributed by atoms with Gasteiger partial charge in [-0.1, -0.05) is 12.2 Å². The first kappa shape index (κ1) is 92.3. The number of alkyl halides is 2. The highest BCUT2D eigenvalue weighted by Crippen LogP contribution is 2.61. The molecule has 21 heterocycles. The van der Waals surface area contributed by atoms with Crippen LogP contribution in [0.2, 0.25) is 0 Å². The van der Waals surface area contributed by atoms with Gasteiger partial charge >= 0.3 is 40.4 Å². The largest absolute Gasteiger partial charge is 0.386 e. The molecular formula is C60H70F2N30O27P6S6. The topological polar surface area (TPSA) is 761 Å². The maximum atomic E-state index is 16.0. The Hall–Kier alpha value is -7.73. The number of thiol groups is 1. The van der Waals surface area contributed by atoms with Gasteiger partial charge in [0.05, 0.1) is 113 Å². The van der Waals surface area contributed by atoms with Crippen molar-refractivity contribution in [3.63, 3.8) is 0 Å². The van der Waals surface area contributed by atoms with Gasteiger partial charge in [0.2, 0.25) is 17.8 Å². The van der Waals surface area contributed by atoms with Crippen molar-refractivity contribution in [2.75, 3.05) is 74.0 Å². The second kappa shape index (κ2) is 35.8. The molecule has 9 fully saturated rings. The molecule has 12 aromatic rings. The molecule has 702 valence electrons. The van der Waals surface area contributed by atoms with E-state index in [1.54, 1.807) is 6.20 Å².